The Kier molecular flexibility index (Phi) is 5.71. The molecule has 3 N–H and O–H groups in total. The van der Waals surface area contributed by atoms with Crippen LogP contribution in [0.5, 0.6) is 0 Å². The normalized spacial score (nSPS) is 15.3. The van der Waals surface area contributed by atoms with E-state index in [1.165, 1.54) is 6.07 Å². The van der Waals surface area contributed by atoms with Gasteiger partial charge in [-0.25, -0.2) is 4.39 Å². The molecule has 1 aromatic carbocycles. The maximum atomic E-state index is 13.8. The molecule has 0 bridgehead atoms. The van der Waals surface area contributed by atoms with Gasteiger partial charge in [0, 0.05) is 18.2 Å². The van der Waals surface area contributed by atoms with Crippen molar-refractivity contribution in [3.8, 4) is 0 Å². The summed E-state index contributed by atoms with van der Waals surface area (Å²) in [6.07, 6.45) is 1.83. The highest BCUT2D eigenvalue weighted by atomic mass is 19.1. The summed E-state index contributed by atoms with van der Waals surface area (Å²) in [6, 6.07) is 5.92. The smallest absolute Gasteiger partial charge is 0.242 e. The molecule has 1 saturated carbocycles. The van der Waals surface area contributed by atoms with Crippen LogP contribution in [0.3, 0.4) is 0 Å². The van der Waals surface area contributed by atoms with Crippen molar-refractivity contribution < 1.29 is 14.0 Å². The van der Waals surface area contributed by atoms with Crippen molar-refractivity contribution in [1.82, 2.24) is 10.2 Å². The molecule has 0 radical (unpaired) electrons. The number of nitrogens with two attached hydrogens (primary N) is 1. The van der Waals surface area contributed by atoms with E-state index < -0.39 is 6.04 Å². The predicted molar refractivity (Wildman–Crippen MR) is 85.8 cm³/mol. The van der Waals surface area contributed by atoms with Gasteiger partial charge in [0.2, 0.25) is 11.8 Å². The summed E-state index contributed by atoms with van der Waals surface area (Å²) in [7, 11) is 0. The molecule has 0 aromatic heterocycles. The van der Waals surface area contributed by atoms with Crippen molar-refractivity contribution in [1.29, 1.82) is 0 Å². The highest BCUT2D eigenvalue weighted by molar-refractivity contribution is 5.87. The lowest BCUT2D eigenvalue weighted by molar-refractivity contribution is -0.134. The van der Waals surface area contributed by atoms with Gasteiger partial charge in [0.1, 0.15) is 5.82 Å². The SMILES string of the molecule is CC(C)[C@H](N)C(=O)NCC(=O)N(Cc1ccccc1F)C1CC1. The zero-order valence-electron chi connectivity index (χ0n) is 13.6. The third kappa shape index (κ3) is 4.76. The molecule has 1 aliphatic carbocycles. The molecule has 0 spiro atoms. The Morgan fingerprint density at radius 2 is 2.00 bits per heavy atom. The average molecular weight is 321 g/mol. The first-order valence-corrected chi connectivity index (χ1v) is 7.96. The first-order chi connectivity index (χ1) is 10.9. The number of carbonyl (C=O) groups excluding carboxylic acids is 2. The molecule has 1 atom stereocenters. The Morgan fingerprint density at radius 1 is 1.35 bits per heavy atom. The summed E-state index contributed by atoms with van der Waals surface area (Å²) in [4.78, 5) is 25.9. The minimum atomic E-state index is -0.635. The maximum Gasteiger partial charge on any atom is 0.242 e. The van der Waals surface area contributed by atoms with Crippen LogP contribution in [-0.4, -0.2) is 35.3 Å². The third-order valence-corrected chi connectivity index (χ3v) is 4.04. The quantitative estimate of drug-likeness (QED) is 0.797. The first-order valence-electron chi connectivity index (χ1n) is 7.96. The van der Waals surface area contributed by atoms with Gasteiger partial charge in [-0.3, -0.25) is 9.59 Å². The molecule has 5 nitrogen and oxygen atoms in total. The predicted octanol–water partition coefficient (Wildman–Crippen LogP) is 1.42. The van der Waals surface area contributed by atoms with E-state index in [4.69, 9.17) is 5.73 Å². The van der Waals surface area contributed by atoms with E-state index in [1.807, 2.05) is 13.8 Å². The molecule has 0 unspecified atom stereocenters. The van der Waals surface area contributed by atoms with Crippen LogP contribution in [0.2, 0.25) is 0 Å². The molecule has 0 saturated heterocycles. The topological polar surface area (TPSA) is 75.4 Å². The number of nitrogens with zero attached hydrogens (tertiary/aromatic N) is 1. The molecule has 1 fully saturated rings. The van der Waals surface area contributed by atoms with Gasteiger partial charge < -0.3 is 16.0 Å². The maximum absolute atomic E-state index is 13.8. The molecule has 6 heteroatoms. The van der Waals surface area contributed by atoms with Gasteiger partial charge >= 0.3 is 0 Å². The van der Waals surface area contributed by atoms with Crippen LogP contribution in [0.4, 0.5) is 4.39 Å². The molecule has 0 heterocycles. The minimum absolute atomic E-state index is 0.00283. The average Bonchev–Trinajstić information content (AvgIpc) is 3.35. The van der Waals surface area contributed by atoms with E-state index in [0.717, 1.165) is 12.8 Å². The number of nitrogens with one attached hydrogen (secondary N) is 1. The van der Waals surface area contributed by atoms with Crippen molar-refractivity contribution >= 4 is 11.8 Å². The fourth-order valence-corrected chi connectivity index (χ4v) is 2.30. The summed E-state index contributed by atoms with van der Waals surface area (Å²) in [5, 5.41) is 2.58. The number of hydrogen-bond donors (Lipinski definition) is 2. The van der Waals surface area contributed by atoms with E-state index in [0.29, 0.717) is 5.56 Å². The summed E-state index contributed by atoms with van der Waals surface area (Å²) < 4.78 is 13.8. The van der Waals surface area contributed by atoms with Crippen LogP contribution >= 0.6 is 0 Å². The molecule has 23 heavy (non-hydrogen) atoms. The number of hydrogen-bond acceptors (Lipinski definition) is 3. The van der Waals surface area contributed by atoms with Crippen LogP contribution in [-0.2, 0) is 16.1 Å². The van der Waals surface area contributed by atoms with Crippen molar-refractivity contribution in [3.05, 3.63) is 35.6 Å². The number of halogens is 1. The van der Waals surface area contributed by atoms with Crippen molar-refractivity contribution in [2.24, 2.45) is 11.7 Å². The molecule has 0 aliphatic heterocycles. The molecule has 2 amide bonds. The lowest BCUT2D eigenvalue weighted by Gasteiger charge is -2.24. The number of carbonyl (C=O) groups is 2. The Labute approximate surface area is 136 Å². The molecule has 126 valence electrons. The van der Waals surface area contributed by atoms with Gasteiger partial charge in [0.15, 0.2) is 0 Å². The van der Waals surface area contributed by atoms with Crippen molar-refractivity contribution in [2.75, 3.05) is 6.54 Å². The fourth-order valence-electron chi connectivity index (χ4n) is 2.30. The highest BCUT2D eigenvalue weighted by Gasteiger charge is 2.33. The lowest BCUT2D eigenvalue weighted by atomic mass is 10.1. The van der Waals surface area contributed by atoms with Gasteiger partial charge in [-0.1, -0.05) is 32.0 Å². The van der Waals surface area contributed by atoms with E-state index in [-0.39, 0.29) is 42.7 Å². The summed E-state index contributed by atoms with van der Waals surface area (Å²) in [6.45, 7) is 3.81. The van der Waals surface area contributed by atoms with Crippen LogP contribution in [0, 0.1) is 11.7 Å². The third-order valence-electron chi connectivity index (χ3n) is 4.04. The zero-order chi connectivity index (χ0) is 17.0. The Hall–Kier alpha value is -1.95. The molecular formula is C17H24FN3O2. The first kappa shape index (κ1) is 17.4. The highest BCUT2D eigenvalue weighted by Crippen LogP contribution is 2.28. The van der Waals surface area contributed by atoms with Gasteiger partial charge in [0.05, 0.1) is 12.6 Å². The van der Waals surface area contributed by atoms with Crippen LogP contribution in [0.25, 0.3) is 0 Å². The Bertz CT molecular complexity index is 573. The summed E-state index contributed by atoms with van der Waals surface area (Å²) in [5.41, 5.74) is 6.24. The summed E-state index contributed by atoms with van der Waals surface area (Å²) >= 11 is 0. The number of rotatable bonds is 7. The number of amides is 2. The second-order valence-corrected chi connectivity index (χ2v) is 6.33. The summed E-state index contributed by atoms with van der Waals surface area (Å²) in [5.74, 6) is -0.866. The van der Waals surface area contributed by atoms with Gasteiger partial charge in [0.25, 0.3) is 0 Å². The Balaban J connectivity index is 1.94. The van der Waals surface area contributed by atoms with Crippen LogP contribution in [0.1, 0.15) is 32.3 Å². The molecule has 1 aromatic rings. The lowest BCUT2D eigenvalue weighted by Crippen LogP contribution is -2.48. The van der Waals surface area contributed by atoms with Gasteiger partial charge in [-0.15, -0.1) is 0 Å². The number of benzene rings is 1. The second kappa shape index (κ2) is 7.55. The van der Waals surface area contributed by atoms with Crippen LogP contribution in [0.15, 0.2) is 24.3 Å². The standard InChI is InChI=1S/C17H24FN3O2/c1-11(2)16(19)17(23)20-9-15(22)21(13-7-8-13)10-12-5-3-4-6-14(12)18/h3-6,11,13,16H,7-10,19H2,1-2H3,(H,20,23)/t16-/m0/s1. The largest absolute Gasteiger partial charge is 0.346 e. The minimum Gasteiger partial charge on any atom is -0.346 e. The van der Waals surface area contributed by atoms with E-state index in [9.17, 15) is 14.0 Å². The van der Waals surface area contributed by atoms with Crippen molar-refractivity contribution in [3.63, 3.8) is 0 Å². The van der Waals surface area contributed by atoms with Crippen LogP contribution < -0.4 is 11.1 Å². The van der Waals surface area contributed by atoms with Gasteiger partial charge in [-0.2, -0.15) is 0 Å². The van der Waals surface area contributed by atoms with Gasteiger partial charge in [-0.05, 0) is 24.8 Å². The monoisotopic (exact) mass is 321 g/mol. The fraction of sp³-hybridized carbons (Fsp3) is 0.529. The van der Waals surface area contributed by atoms with E-state index in [1.54, 1.807) is 23.1 Å². The zero-order valence-corrected chi connectivity index (χ0v) is 13.6. The van der Waals surface area contributed by atoms with E-state index in [2.05, 4.69) is 5.32 Å². The molecule has 1 aliphatic rings. The Morgan fingerprint density at radius 3 is 2.57 bits per heavy atom. The second-order valence-electron chi connectivity index (χ2n) is 6.33. The molecule has 2 rings (SSSR count). The van der Waals surface area contributed by atoms with Crippen molar-refractivity contribution in [2.45, 2.75) is 45.3 Å². The molecular weight excluding hydrogens is 297 g/mol. The van der Waals surface area contributed by atoms with E-state index >= 15 is 0 Å².